The van der Waals surface area contributed by atoms with Crippen LogP contribution < -0.4 is 0 Å². The number of esters is 2. The van der Waals surface area contributed by atoms with Crippen LogP contribution in [0.2, 0.25) is 0 Å². The van der Waals surface area contributed by atoms with Gasteiger partial charge in [-0.25, -0.2) is 4.79 Å². The summed E-state index contributed by atoms with van der Waals surface area (Å²) >= 11 is 0. The fourth-order valence-corrected chi connectivity index (χ4v) is 9.34. The number of hydrogen-bond donors (Lipinski definition) is 0. The van der Waals surface area contributed by atoms with Crippen LogP contribution >= 0.6 is 0 Å². The zero-order valence-electron chi connectivity index (χ0n) is 19.9. The summed E-state index contributed by atoms with van der Waals surface area (Å²) in [5, 5.41) is 0. The Bertz CT molecular complexity index is 1120. The van der Waals surface area contributed by atoms with Gasteiger partial charge in [0.2, 0.25) is 0 Å². The van der Waals surface area contributed by atoms with Crippen LogP contribution in [-0.2, 0) is 33.3 Å². The van der Waals surface area contributed by atoms with Crippen LogP contribution in [-0.4, -0.2) is 47.7 Å². The maximum Gasteiger partial charge on any atom is 0.339 e. The van der Waals surface area contributed by atoms with E-state index in [9.17, 15) is 14.4 Å². The van der Waals surface area contributed by atoms with Gasteiger partial charge in [-0.15, -0.1) is 0 Å². The van der Waals surface area contributed by atoms with Crippen LogP contribution in [0.15, 0.2) is 23.0 Å². The second kappa shape index (κ2) is 5.95. The monoisotopic (exact) mass is 470 g/mol. The average molecular weight is 471 g/mol. The molecule has 4 saturated heterocycles. The van der Waals surface area contributed by atoms with Crippen LogP contribution in [0.5, 0.6) is 0 Å². The van der Waals surface area contributed by atoms with Gasteiger partial charge in [0.1, 0.15) is 24.1 Å². The molecule has 6 fully saturated rings. The van der Waals surface area contributed by atoms with Crippen molar-refractivity contribution in [1.82, 2.24) is 0 Å². The third-order valence-corrected chi connectivity index (χ3v) is 10.7. The summed E-state index contributed by atoms with van der Waals surface area (Å²) in [6, 6.07) is 1.81. The van der Waals surface area contributed by atoms with Crippen LogP contribution in [0, 0.1) is 28.1 Å². The van der Waals surface area contributed by atoms with Gasteiger partial charge in [-0.3, -0.25) is 9.59 Å². The summed E-state index contributed by atoms with van der Waals surface area (Å²) in [6.45, 7) is 8.36. The molecule has 0 unspecified atom stereocenters. The molecule has 1 aromatic rings. The van der Waals surface area contributed by atoms with Crippen molar-refractivity contribution in [2.45, 2.75) is 82.9 Å². The number of rotatable bonds is 1. The number of carbonyl (C=O) groups excluding carboxylic acids is 3. The quantitative estimate of drug-likeness (QED) is 0.455. The predicted molar refractivity (Wildman–Crippen MR) is 114 cm³/mol. The zero-order valence-corrected chi connectivity index (χ0v) is 19.9. The lowest BCUT2D eigenvalue weighted by Crippen LogP contribution is -2.72. The summed E-state index contributed by atoms with van der Waals surface area (Å²) < 4.78 is 29.8. The maximum absolute atomic E-state index is 14.2. The van der Waals surface area contributed by atoms with E-state index >= 15 is 0 Å². The molecule has 7 rings (SSSR count). The molecule has 0 radical (unpaired) electrons. The van der Waals surface area contributed by atoms with E-state index in [0.717, 1.165) is 12.0 Å². The van der Waals surface area contributed by atoms with Crippen LogP contribution in [0.3, 0.4) is 0 Å². The minimum atomic E-state index is -0.976. The van der Waals surface area contributed by atoms with Gasteiger partial charge in [0.25, 0.3) is 0 Å². The third-order valence-electron chi connectivity index (χ3n) is 10.7. The molecule has 2 aliphatic carbocycles. The lowest BCUT2D eigenvalue weighted by molar-refractivity contribution is -0.225. The second-order valence-electron chi connectivity index (χ2n) is 12.2. The highest BCUT2D eigenvalue weighted by atomic mass is 16.7. The van der Waals surface area contributed by atoms with Crippen molar-refractivity contribution in [1.29, 1.82) is 0 Å². The first kappa shape index (κ1) is 21.1. The number of hydrogen-bond acceptors (Lipinski definition) is 8. The fraction of sp³-hybridized carbons (Fsp3) is 0.731. The number of ether oxygens (including phenoxy) is 4. The van der Waals surface area contributed by atoms with Gasteiger partial charge in [0.05, 0.1) is 36.1 Å². The van der Waals surface area contributed by atoms with E-state index in [-0.39, 0.29) is 42.7 Å². The number of fused-ring (bicyclic) bond motifs is 1. The highest BCUT2D eigenvalue weighted by Crippen LogP contribution is 2.79. The molecular weight excluding hydrogens is 440 g/mol. The van der Waals surface area contributed by atoms with E-state index < -0.39 is 45.6 Å². The lowest BCUT2D eigenvalue weighted by atomic mass is 9.37. The van der Waals surface area contributed by atoms with Gasteiger partial charge < -0.3 is 23.4 Å². The molecule has 8 heteroatoms. The molecule has 34 heavy (non-hydrogen) atoms. The van der Waals surface area contributed by atoms with Gasteiger partial charge in [0, 0.05) is 28.7 Å². The molecule has 2 spiro atoms. The summed E-state index contributed by atoms with van der Waals surface area (Å²) in [6.07, 6.45) is 3.46. The van der Waals surface area contributed by atoms with E-state index in [0.29, 0.717) is 12.8 Å². The lowest BCUT2D eigenvalue weighted by Gasteiger charge is -2.65. The number of Topliss-reactive ketones (excluding diaryl/α,β-unsaturated/α-hetero) is 1. The van der Waals surface area contributed by atoms with Crippen LogP contribution in [0.1, 0.15) is 65.0 Å². The zero-order chi connectivity index (χ0) is 23.9. The topological polar surface area (TPSA) is 105 Å². The van der Waals surface area contributed by atoms with Gasteiger partial charge in [-0.1, -0.05) is 6.92 Å². The SMILES string of the molecule is CC1(C)O[C@@H]2CC(=O)OC[C@@]23[C@@H]1CC(=O)[C@]1(C)[C@@H]3CC[C@@]2(C)[C@@H](c3ccoc3)OC(=O)[C@H]3O[C@]321. The highest BCUT2D eigenvalue weighted by Gasteiger charge is 2.89. The first-order valence-corrected chi connectivity index (χ1v) is 12.3. The Balaban J connectivity index is 1.41. The molecular formula is C26H30O8. The number of ketones is 1. The summed E-state index contributed by atoms with van der Waals surface area (Å²) in [7, 11) is 0. The minimum absolute atomic E-state index is 0.0677. The Hall–Kier alpha value is -2.19. The van der Waals surface area contributed by atoms with Crippen molar-refractivity contribution in [2.75, 3.05) is 6.61 Å². The van der Waals surface area contributed by atoms with Gasteiger partial charge in [-0.05, 0) is 45.6 Å². The number of furan rings is 1. The molecule has 4 aliphatic heterocycles. The molecule has 0 N–H and O–H groups in total. The maximum atomic E-state index is 14.2. The first-order chi connectivity index (χ1) is 16.0. The van der Waals surface area contributed by atoms with Gasteiger partial charge in [-0.2, -0.15) is 0 Å². The Labute approximate surface area is 197 Å². The molecule has 6 aliphatic rings. The third kappa shape index (κ3) is 2.02. The molecule has 0 bridgehead atoms. The second-order valence-corrected chi connectivity index (χ2v) is 12.2. The van der Waals surface area contributed by atoms with E-state index in [2.05, 4.69) is 6.92 Å². The van der Waals surface area contributed by atoms with E-state index in [1.54, 1.807) is 12.5 Å². The van der Waals surface area contributed by atoms with Crippen molar-refractivity contribution in [3.8, 4) is 0 Å². The fourth-order valence-electron chi connectivity index (χ4n) is 9.34. The predicted octanol–water partition coefficient (Wildman–Crippen LogP) is 3.14. The smallest absolute Gasteiger partial charge is 0.339 e. The molecule has 1 aromatic heterocycles. The Morgan fingerprint density at radius 3 is 2.50 bits per heavy atom. The first-order valence-electron chi connectivity index (χ1n) is 12.3. The number of epoxide rings is 1. The summed E-state index contributed by atoms with van der Waals surface area (Å²) in [5.74, 6) is -0.780. The van der Waals surface area contributed by atoms with Crippen molar-refractivity contribution in [3.05, 3.63) is 24.2 Å². The summed E-state index contributed by atoms with van der Waals surface area (Å²) in [4.78, 5) is 39.7. The molecule has 2 saturated carbocycles. The Kier molecular flexibility index (Phi) is 3.70. The number of cyclic esters (lactones) is 2. The highest BCUT2D eigenvalue weighted by molar-refractivity contribution is 5.93. The van der Waals surface area contributed by atoms with Crippen molar-refractivity contribution in [2.24, 2.45) is 28.1 Å². The van der Waals surface area contributed by atoms with Gasteiger partial charge >= 0.3 is 11.9 Å². The van der Waals surface area contributed by atoms with E-state index in [4.69, 9.17) is 23.4 Å². The van der Waals surface area contributed by atoms with Crippen molar-refractivity contribution in [3.63, 3.8) is 0 Å². The molecule has 5 heterocycles. The van der Waals surface area contributed by atoms with Crippen LogP contribution in [0.4, 0.5) is 0 Å². The summed E-state index contributed by atoms with van der Waals surface area (Å²) in [5.41, 5.74) is -2.78. The number of carbonyl (C=O) groups is 3. The minimum Gasteiger partial charge on any atom is -0.472 e. The molecule has 182 valence electrons. The molecule has 8 nitrogen and oxygen atoms in total. The molecule has 0 aromatic carbocycles. The van der Waals surface area contributed by atoms with E-state index in [1.165, 1.54) is 0 Å². The van der Waals surface area contributed by atoms with Crippen molar-refractivity contribution >= 4 is 17.7 Å². The average Bonchev–Trinajstić information content (AvgIpc) is 3.26. The molecule has 0 amide bonds. The molecule has 9 atom stereocenters. The van der Waals surface area contributed by atoms with Crippen LogP contribution in [0.25, 0.3) is 0 Å². The Morgan fingerprint density at radius 1 is 0.971 bits per heavy atom. The normalized spacial score (nSPS) is 52.4. The van der Waals surface area contributed by atoms with Crippen molar-refractivity contribution < 1.29 is 37.7 Å². The van der Waals surface area contributed by atoms with Gasteiger partial charge in [0.15, 0.2) is 6.10 Å². The Morgan fingerprint density at radius 2 is 1.76 bits per heavy atom. The van der Waals surface area contributed by atoms with E-state index in [1.807, 2.05) is 26.8 Å². The standard InChI is InChI=1S/C26H30O8/c1-22(2)15-9-16(27)24(4)14(25(15)12-31-18(28)10-17(25)33-22)5-7-23(3)19(13-6-8-30-11-13)32-21(29)20-26(23,24)34-20/h6,8,11,14-15,17,19-20H,5,7,9-10,12H2,1-4H3/t14-,15+,17+,19+,20+,23-,24-,25+,26+/m0/s1. The largest absolute Gasteiger partial charge is 0.472 e.